The van der Waals surface area contributed by atoms with Gasteiger partial charge >= 0.3 is 5.97 Å². The van der Waals surface area contributed by atoms with Crippen LogP contribution in [0.1, 0.15) is 18.9 Å². The molecule has 2 rings (SSSR count). The molecule has 1 aromatic rings. The second-order valence-corrected chi connectivity index (χ2v) is 6.75. The summed E-state index contributed by atoms with van der Waals surface area (Å²) in [6.45, 7) is 1.95. The first-order valence-corrected chi connectivity index (χ1v) is 7.79. The van der Waals surface area contributed by atoms with Crippen molar-refractivity contribution in [2.45, 2.75) is 25.1 Å². The van der Waals surface area contributed by atoms with Crippen molar-refractivity contribution in [1.29, 1.82) is 0 Å². The van der Waals surface area contributed by atoms with Crippen LogP contribution in [0.4, 0.5) is 0 Å². The highest BCUT2D eigenvalue weighted by Crippen LogP contribution is 2.28. The van der Waals surface area contributed by atoms with Gasteiger partial charge in [-0.1, -0.05) is 30.3 Å². The Balaban J connectivity index is 2.15. The van der Waals surface area contributed by atoms with Gasteiger partial charge in [0.15, 0.2) is 0 Å². The van der Waals surface area contributed by atoms with Gasteiger partial charge in [-0.15, -0.1) is 0 Å². The molecule has 104 valence electrons. The number of rotatable bonds is 4. The first-order valence-electron chi connectivity index (χ1n) is 6.18. The number of carboxylic acid groups (broad SMARTS) is 1. The number of hydrogen-bond acceptors (Lipinski definition) is 3. The highest BCUT2D eigenvalue weighted by Gasteiger charge is 2.41. The summed E-state index contributed by atoms with van der Waals surface area (Å²) in [5.74, 6) is -1.61. The van der Waals surface area contributed by atoms with E-state index in [1.54, 1.807) is 31.2 Å². The highest BCUT2D eigenvalue weighted by atomic mass is 32.2. The maximum absolute atomic E-state index is 12.3. The lowest BCUT2D eigenvalue weighted by molar-refractivity contribution is -0.142. The van der Waals surface area contributed by atoms with Crippen molar-refractivity contribution in [1.82, 2.24) is 4.31 Å². The normalized spacial score (nSPS) is 24.5. The quantitative estimate of drug-likeness (QED) is 0.904. The smallest absolute Gasteiger partial charge is 0.308 e. The van der Waals surface area contributed by atoms with Crippen molar-refractivity contribution in [3.05, 3.63) is 35.9 Å². The van der Waals surface area contributed by atoms with Crippen LogP contribution < -0.4 is 0 Å². The Morgan fingerprint density at radius 2 is 2.00 bits per heavy atom. The molecule has 0 aliphatic carbocycles. The van der Waals surface area contributed by atoms with Gasteiger partial charge in [0.1, 0.15) is 0 Å². The molecule has 1 aromatic carbocycles. The Morgan fingerprint density at radius 3 is 2.53 bits per heavy atom. The van der Waals surface area contributed by atoms with Crippen molar-refractivity contribution in [2.24, 2.45) is 5.92 Å². The molecule has 0 aromatic heterocycles. The number of nitrogens with zero attached hydrogens (tertiary/aromatic N) is 1. The zero-order valence-corrected chi connectivity index (χ0v) is 11.5. The average Bonchev–Trinajstić information content (AvgIpc) is 2.72. The lowest BCUT2D eigenvalue weighted by Gasteiger charge is -2.22. The molecule has 1 heterocycles. The van der Waals surface area contributed by atoms with Gasteiger partial charge in [0.25, 0.3) is 0 Å². The molecule has 0 spiro atoms. The van der Waals surface area contributed by atoms with Crippen LogP contribution in [-0.4, -0.2) is 36.4 Å². The number of hydrogen-bond donors (Lipinski definition) is 1. The maximum Gasteiger partial charge on any atom is 0.308 e. The van der Waals surface area contributed by atoms with Gasteiger partial charge < -0.3 is 5.11 Å². The maximum atomic E-state index is 12.3. The van der Waals surface area contributed by atoms with Crippen LogP contribution in [0.2, 0.25) is 0 Å². The van der Waals surface area contributed by atoms with E-state index in [4.69, 9.17) is 5.11 Å². The van der Waals surface area contributed by atoms with Gasteiger partial charge in [0.2, 0.25) is 10.0 Å². The second kappa shape index (κ2) is 5.30. The molecule has 5 nitrogen and oxygen atoms in total. The Bertz CT molecular complexity index is 555. The third-order valence-corrected chi connectivity index (χ3v) is 5.49. The first kappa shape index (κ1) is 14.0. The Morgan fingerprint density at radius 1 is 1.37 bits per heavy atom. The highest BCUT2D eigenvalue weighted by molar-refractivity contribution is 7.88. The minimum absolute atomic E-state index is 0.0789. The van der Waals surface area contributed by atoms with Crippen LogP contribution in [0.25, 0.3) is 0 Å². The van der Waals surface area contributed by atoms with Crippen LogP contribution >= 0.6 is 0 Å². The molecule has 0 amide bonds. The summed E-state index contributed by atoms with van der Waals surface area (Å²) < 4.78 is 25.9. The lowest BCUT2D eigenvalue weighted by Crippen LogP contribution is -2.38. The Kier molecular flexibility index (Phi) is 3.91. The molecular formula is C13H17NO4S. The van der Waals surface area contributed by atoms with Crippen LogP contribution in [-0.2, 0) is 20.6 Å². The summed E-state index contributed by atoms with van der Waals surface area (Å²) in [4.78, 5) is 11.0. The lowest BCUT2D eigenvalue weighted by atomic mass is 10.0. The van der Waals surface area contributed by atoms with E-state index in [1.165, 1.54) is 4.31 Å². The monoisotopic (exact) mass is 283 g/mol. The van der Waals surface area contributed by atoms with E-state index in [0.717, 1.165) is 0 Å². The third-order valence-electron chi connectivity index (χ3n) is 3.56. The summed E-state index contributed by atoms with van der Waals surface area (Å²) in [7, 11) is -3.46. The summed E-state index contributed by atoms with van der Waals surface area (Å²) in [6.07, 6.45) is 0.379. The average molecular weight is 283 g/mol. The van der Waals surface area contributed by atoms with Crippen molar-refractivity contribution in [3.8, 4) is 0 Å². The molecule has 19 heavy (non-hydrogen) atoms. The fraction of sp³-hybridized carbons (Fsp3) is 0.462. The van der Waals surface area contributed by atoms with Crippen LogP contribution in [0.15, 0.2) is 30.3 Å². The van der Waals surface area contributed by atoms with E-state index in [1.807, 2.05) is 6.07 Å². The van der Waals surface area contributed by atoms with E-state index < -0.39 is 28.0 Å². The fourth-order valence-electron chi connectivity index (χ4n) is 2.50. The van der Waals surface area contributed by atoms with Crippen molar-refractivity contribution in [3.63, 3.8) is 0 Å². The van der Waals surface area contributed by atoms with Crippen LogP contribution in [0, 0.1) is 5.92 Å². The third kappa shape index (κ3) is 2.96. The number of aliphatic carboxylic acids is 1. The van der Waals surface area contributed by atoms with Crippen molar-refractivity contribution in [2.75, 3.05) is 6.54 Å². The zero-order chi connectivity index (χ0) is 14.0. The van der Waals surface area contributed by atoms with Gasteiger partial charge in [-0.3, -0.25) is 4.79 Å². The molecule has 0 saturated carbocycles. The van der Waals surface area contributed by atoms with Gasteiger partial charge in [-0.25, -0.2) is 8.42 Å². The molecule has 6 heteroatoms. The summed E-state index contributed by atoms with van der Waals surface area (Å²) in [6, 6.07) is 8.44. The fourth-order valence-corrected chi connectivity index (χ4v) is 4.32. The Hall–Kier alpha value is -1.40. The van der Waals surface area contributed by atoms with E-state index in [-0.39, 0.29) is 12.3 Å². The minimum Gasteiger partial charge on any atom is -0.481 e. The topological polar surface area (TPSA) is 74.7 Å². The molecule has 1 aliphatic heterocycles. The van der Waals surface area contributed by atoms with Crippen molar-refractivity contribution < 1.29 is 18.3 Å². The number of carboxylic acids is 1. The number of benzene rings is 1. The van der Waals surface area contributed by atoms with E-state index >= 15 is 0 Å². The molecule has 1 aliphatic rings. The molecule has 1 fully saturated rings. The SMILES string of the molecule is CC1C(C(=O)O)CCN1S(=O)(=O)Cc1ccccc1. The second-order valence-electron chi connectivity index (χ2n) is 4.83. The summed E-state index contributed by atoms with van der Waals surface area (Å²) in [5, 5.41) is 9.04. The van der Waals surface area contributed by atoms with E-state index in [9.17, 15) is 13.2 Å². The molecule has 2 atom stereocenters. The Labute approximate surface area is 112 Å². The van der Waals surface area contributed by atoms with Gasteiger partial charge in [0, 0.05) is 12.6 Å². The standard InChI is InChI=1S/C13H17NO4S/c1-10-12(13(15)16)7-8-14(10)19(17,18)9-11-5-3-2-4-6-11/h2-6,10,12H,7-9H2,1H3,(H,15,16). The molecule has 2 unspecified atom stereocenters. The molecule has 0 radical (unpaired) electrons. The van der Waals surface area contributed by atoms with Crippen LogP contribution in [0.5, 0.6) is 0 Å². The van der Waals surface area contributed by atoms with Gasteiger partial charge in [-0.2, -0.15) is 4.31 Å². The number of sulfonamides is 1. The number of carbonyl (C=O) groups is 1. The molecule has 1 N–H and O–H groups in total. The van der Waals surface area contributed by atoms with Crippen molar-refractivity contribution >= 4 is 16.0 Å². The minimum atomic E-state index is -3.46. The zero-order valence-electron chi connectivity index (χ0n) is 10.7. The first-order chi connectivity index (χ1) is 8.92. The van der Waals surface area contributed by atoms with Gasteiger partial charge in [0.05, 0.1) is 11.7 Å². The summed E-state index contributed by atoms with van der Waals surface area (Å²) >= 11 is 0. The van der Waals surface area contributed by atoms with Crippen LogP contribution in [0.3, 0.4) is 0 Å². The largest absolute Gasteiger partial charge is 0.481 e. The molecular weight excluding hydrogens is 266 g/mol. The molecule has 1 saturated heterocycles. The predicted octanol–water partition coefficient (Wildman–Crippen LogP) is 1.31. The molecule has 0 bridgehead atoms. The predicted molar refractivity (Wildman–Crippen MR) is 71.0 cm³/mol. The van der Waals surface area contributed by atoms with E-state index in [2.05, 4.69) is 0 Å². The van der Waals surface area contributed by atoms with E-state index in [0.29, 0.717) is 12.0 Å². The summed E-state index contributed by atoms with van der Waals surface area (Å²) in [5.41, 5.74) is 0.716. The van der Waals surface area contributed by atoms with Gasteiger partial charge in [-0.05, 0) is 18.9 Å².